The summed E-state index contributed by atoms with van der Waals surface area (Å²) in [6.07, 6.45) is 0. The van der Waals surface area contributed by atoms with Gasteiger partial charge in [0.1, 0.15) is 0 Å². The molecular formula is C5H12N4. The third-order valence-corrected chi connectivity index (χ3v) is 1.22. The molecule has 0 saturated heterocycles. The highest BCUT2D eigenvalue weighted by molar-refractivity contribution is 4.49. The Morgan fingerprint density at radius 2 is 2.00 bits per heavy atom. The molecule has 0 atom stereocenters. The predicted molar refractivity (Wildman–Crippen MR) is 36.9 cm³/mol. The van der Waals surface area contributed by atoms with Crippen molar-refractivity contribution in [3.8, 4) is 0 Å². The van der Waals surface area contributed by atoms with Gasteiger partial charge in [-0.1, -0.05) is 19.0 Å². The van der Waals surface area contributed by atoms with Gasteiger partial charge in [-0.2, -0.15) is 0 Å². The second kappa shape index (κ2) is 5.41. The van der Waals surface area contributed by atoms with Crippen LogP contribution in [0, 0.1) is 0 Å². The quantitative estimate of drug-likeness (QED) is 0.322. The van der Waals surface area contributed by atoms with Crippen molar-refractivity contribution in [3.05, 3.63) is 10.4 Å². The molecule has 0 aromatic carbocycles. The van der Waals surface area contributed by atoms with Crippen molar-refractivity contribution in [2.75, 3.05) is 19.8 Å². The Balaban J connectivity index is 3.42. The average Bonchev–Trinajstić information content (AvgIpc) is 1.91. The van der Waals surface area contributed by atoms with Crippen LogP contribution in [-0.4, -0.2) is 24.7 Å². The Kier molecular flexibility index (Phi) is 4.97. The normalized spacial score (nSPS) is 9.22. The van der Waals surface area contributed by atoms with Crippen LogP contribution in [-0.2, 0) is 0 Å². The van der Waals surface area contributed by atoms with E-state index in [9.17, 15) is 0 Å². The van der Waals surface area contributed by atoms with Gasteiger partial charge in [-0.05, 0) is 18.6 Å². The molecule has 0 aromatic rings. The van der Waals surface area contributed by atoms with Crippen molar-refractivity contribution >= 4 is 0 Å². The van der Waals surface area contributed by atoms with E-state index in [4.69, 9.17) is 5.53 Å². The predicted octanol–water partition coefficient (Wildman–Crippen LogP) is 1.60. The Labute approximate surface area is 55.1 Å². The third-order valence-electron chi connectivity index (χ3n) is 1.22. The number of azide groups is 1. The second-order valence-corrected chi connectivity index (χ2v) is 1.68. The summed E-state index contributed by atoms with van der Waals surface area (Å²) in [7, 11) is 0. The van der Waals surface area contributed by atoms with E-state index in [1.165, 1.54) is 0 Å². The van der Waals surface area contributed by atoms with Gasteiger partial charge in [0.2, 0.25) is 0 Å². The lowest BCUT2D eigenvalue weighted by molar-refractivity contribution is 0.313. The molecule has 0 bridgehead atoms. The molecule has 0 saturated carbocycles. The summed E-state index contributed by atoms with van der Waals surface area (Å²) in [5, 5.41) is 3.42. The van der Waals surface area contributed by atoms with Gasteiger partial charge in [-0.25, -0.2) is 0 Å². The Hall–Kier alpha value is -0.730. The molecule has 9 heavy (non-hydrogen) atoms. The molecule has 0 aliphatic rings. The zero-order valence-electron chi connectivity index (χ0n) is 5.91. The second-order valence-electron chi connectivity index (χ2n) is 1.68. The Morgan fingerprint density at radius 3 is 2.33 bits per heavy atom. The molecule has 0 amide bonds. The first kappa shape index (κ1) is 8.27. The van der Waals surface area contributed by atoms with E-state index in [1.54, 1.807) is 0 Å². The van der Waals surface area contributed by atoms with Crippen LogP contribution in [0.25, 0.3) is 10.4 Å². The fourth-order valence-corrected chi connectivity index (χ4v) is 0.541. The molecule has 4 heteroatoms. The van der Waals surface area contributed by atoms with Gasteiger partial charge in [0, 0.05) is 4.91 Å². The number of hydrogen-bond donors (Lipinski definition) is 0. The van der Waals surface area contributed by atoms with Gasteiger partial charge in [0.05, 0.1) is 6.67 Å². The van der Waals surface area contributed by atoms with Gasteiger partial charge in [0.25, 0.3) is 0 Å². The lowest BCUT2D eigenvalue weighted by atomic mass is 10.6. The molecule has 0 heterocycles. The zero-order chi connectivity index (χ0) is 7.11. The first-order chi connectivity index (χ1) is 4.35. The summed E-state index contributed by atoms with van der Waals surface area (Å²) in [6.45, 7) is 6.45. The van der Waals surface area contributed by atoms with Crippen molar-refractivity contribution in [2.45, 2.75) is 13.8 Å². The van der Waals surface area contributed by atoms with E-state index in [0.29, 0.717) is 6.67 Å². The minimum atomic E-state index is 0.490. The van der Waals surface area contributed by atoms with Gasteiger partial charge in [-0.3, -0.25) is 4.90 Å². The molecule has 0 aliphatic heterocycles. The maximum Gasteiger partial charge on any atom is 0.0773 e. The Morgan fingerprint density at radius 1 is 1.44 bits per heavy atom. The highest BCUT2D eigenvalue weighted by Crippen LogP contribution is 1.85. The maximum absolute atomic E-state index is 7.94. The molecular weight excluding hydrogens is 116 g/mol. The lowest BCUT2D eigenvalue weighted by Crippen LogP contribution is -2.22. The van der Waals surface area contributed by atoms with Gasteiger partial charge >= 0.3 is 0 Å². The minimum absolute atomic E-state index is 0.490. The van der Waals surface area contributed by atoms with Crippen LogP contribution >= 0.6 is 0 Å². The molecule has 0 rings (SSSR count). The third kappa shape index (κ3) is 3.82. The molecule has 52 valence electrons. The molecule has 0 aromatic heterocycles. The first-order valence-corrected chi connectivity index (χ1v) is 3.08. The monoisotopic (exact) mass is 128 g/mol. The summed E-state index contributed by atoms with van der Waals surface area (Å²) in [5.74, 6) is 0. The maximum atomic E-state index is 7.94. The van der Waals surface area contributed by atoms with Crippen molar-refractivity contribution in [1.29, 1.82) is 0 Å². The molecule has 0 radical (unpaired) electrons. The summed E-state index contributed by atoms with van der Waals surface area (Å²) in [5.41, 5.74) is 7.94. The van der Waals surface area contributed by atoms with Crippen LogP contribution in [0.3, 0.4) is 0 Å². The van der Waals surface area contributed by atoms with Crippen molar-refractivity contribution in [1.82, 2.24) is 4.90 Å². The molecule has 0 fully saturated rings. The average molecular weight is 128 g/mol. The standard InChI is InChI=1S/C5H12N4/c1-3-9(4-2)5-7-8-6/h3-5H2,1-2H3. The van der Waals surface area contributed by atoms with E-state index < -0.39 is 0 Å². The van der Waals surface area contributed by atoms with E-state index in [0.717, 1.165) is 13.1 Å². The van der Waals surface area contributed by atoms with E-state index in [2.05, 4.69) is 10.0 Å². The molecule has 0 aliphatic carbocycles. The molecule has 0 unspecified atom stereocenters. The lowest BCUT2D eigenvalue weighted by Gasteiger charge is -2.13. The topological polar surface area (TPSA) is 52.0 Å². The van der Waals surface area contributed by atoms with E-state index in [-0.39, 0.29) is 0 Å². The summed E-state index contributed by atoms with van der Waals surface area (Å²) in [4.78, 5) is 4.70. The van der Waals surface area contributed by atoms with Crippen LogP contribution in [0.1, 0.15) is 13.8 Å². The van der Waals surface area contributed by atoms with E-state index >= 15 is 0 Å². The highest BCUT2D eigenvalue weighted by Gasteiger charge is 1.92. The van der Waals surface area contributed by atoms with Crippen molar-refractivity contribution < 1.29 is 0 Å². The molecule has 0 spiro atoms. The highest BCUT2D eigenvalue weighted by atomic mass is 15.3. The SMILES string of the molecule is CCN(CC)CN=[N+]=[N-]. The first-order valence-electron chi connectivity index (χ1n) is 3.08. The van der Waals surface area contributed by atoms with Crippen molar-refractivity contribution in [3.63, 3.8) is 0 Å². The van der Waals surface area contributed by atoms with Crippen molar-refractivity contribution in [2.24, 2.45) is 5.11 Å². The zero-order valence-corrected chi connectivity index (χ0v) is 5.91. The van der Waals surface area contributed by atoms with Crippen LogP contribution in [0.4, 0.5) is 0 Å². The summed E-state index contributed by atoms with van der Waals surface area (Å²) in [6, 6.07) is 0. The fourth-order valence-electron chi connectivity index (χ4n) is 0.541. The van der Waals surface area contributed by atoms with Crippen LogP contribution < -0.4 is 0 Å². The fraction of sp³-hybridized carbons (Fsp3) is 1.00. The van der Waals surface area contributed by atoms with Crippen LogP contribution in [0.15, 0.2) is 5.11 Å². The number of rotatable bonds is 4. The van der Waals surface area contributed by atoms with Crippen LogP contribution in [0.2, 0.25) is 0 Å². The Bertz CT molecular complexity index is 102. The van der Waals surface area contributed by atoms with Crippen LogP contribution in [0.5, 0.6) is 0 Å². The van der Waals surface area contributed by atoms with Gasteiger partial charge in [0.15, 0.2) is 0 Å². The number of hydrogen-bond acceptors (Lipinski definition) is 2. The summed E-state index contributed by atoms with van der Waals surface area (Å²) < 4.78 is 0. The number of nitrogens with zero attached hydrogens (tertiary/aromatic N) is 4. The molecule has 0 N–H and O–H groups in total. The van der Waals surface area contributed by atoms with Gasteiger partial charge < -0.3 is 0 Å². The minimum Gasteiger partial charge on any atom is -0.298 e. The van der Waals surface area contributed by atoms with E-state index in [1.807, 2.05) is 18.7 Å². The molecule has 4 nitrogen and oxygen atoms in total. The largest absolute Gasteiger partial charge is 0.298 e. The summed E-state index contributed by atoms with van der Waals surface area (Å²) >= 11 is 0. The smallest absolute Gasteiger partial charge is 0.0773 e. The van der Waals surface area contributed by atoms with Gasteiger partial charge in [-0.15, -0.1) is 0 Å².